The summed E-state index contributed by atoms with van der Waals surface area (Å²) in [5, 5.41) is 3.75. The van der Waals surface area contributed by atoms with E-state index >= 15 is 0 Å². The molecule has 2 aromatic heterocycles. The smallest absolute Gasteiger partial charge is 0.309 e. The summed E-state index contributed by atoms with van der Waals surface area (Å²) in [6.07, 6.45) is 0.0529. The maximum atomic E-state index is 12.5. The number of hydrogen-bond donors (Lipinski definition) is 1. The molecule has 0 aliphatic heterocycles. The molecule has 0 bridgehead atoms. The summed E-state index contributed by atoms with van der Waals surface area (Å²) < 4.78 is 17.1. The van der Waals surface area contributed by atoms with E-state index in [4.69, 9.17) is 29.9 Å². The molecule has 7 nitrogen and oxygen atoms in total. The fraction of sp³-hybridized carbons (Fsp3) is 0.519. The van der Waals surface area contributed by atoms with Gasteiger partial charge < -0.3 is 19.9 Å². The quantitative estimate of drug-likeness (QED) is 0.376. The second kappa shape index (κ2) is 10.9. The van der Waals surface area contributed by atoms with Crippen LogP contribution in [0.3, 0.4) is 0 Å². The fourth-order valence-electron chi connectivity index (χ4n) is 4.06. The first-order chi connectivity index (χ1) is 16.5. The van der Waals surface area contributed by atoms with Crippen molar-refractivity contribution in [2.45, 2.75) is 60.0 Å². The molecule has 35 heavy (non-hydrogen) atoms. The van der Waals surface area contributed by atoms with Gasteiger partial charge in [-0.1, -0.05) is 34.6 Å². The Labute approximate surface area is 212 Å². The van der Waals surface area contributed by atoms with Crippen molar-refractivity contribution in [2.24, 2.45) is 17.1 Å². The highest BCUT2D eigenvalue weighted by Crippen LogP contribution is 2.38. The van der Waals surface area contributed by atoms with E-state index in [1.807, 2.05) is 45.9 Å². The van der Waals surface area contributed by atoms with Gasteiger partial charge in [0.1, 0.15) is 28.3 Å². The summed E-state index contributed by atoms with van der Waals surface area (Å²) in [5.41, 5.74) is 9.31. The second-order valence-corrected chi connectivity index (χ2v) is 11.0. The number of aromatic nitrogens is 2. The molecule has 0 saturated heterocycles. The minimum Gasteiger partial charge on any atom is -0.496 e. The third-order valence-electron chi connectivity index (χ3n) is 6.29. The number of ether oxygens (including phenoxy) is 3. The SMILES string of the molecule is COC(=O)[C@H](C[C@H](CN)Oc1cc(-c2nc(C(C)C)cs2)nc2c(C)c(OC)ccc12)C(C)(C)C. The van der Waals surface area contributed by atoms with Gasteiger partial charge in [-0.2, -0.15) is 0 Å². The van der Waals surface area contributed by atoms with Gasteiger partial charge in [0.05, 0.1) is 31.3 Å². The Morgan fingerprint density at radius 2 is 1.86 bits per heavy atom. The van der Waals surface area contributed by atoms with Gasteiger partial charge in [0.2, 0.25) is 0 Å². The van der Waals surface area contributed by atoms with E-state index in [1.54, 1.807) is 18.4 Å². The van der Waals surface area contributed by atoms with Crippen molar-refractivity contribution in [3.05, 3.63) is 34.8 Å². The molecule has 0 radical (unpaired) electrons. The highest BCUT2D eigenvalue weighted by atomic mass is 32.1. The van der Waals surface area contributed by atoms with E-state index < -0.39 is 0 Å². The van der Waals surface area contributed by atoms with E-state index in [2.05, 4.69) is 19.2 Å². The zero-order chi connectivity index (χ0) is 25.9. The number of benzene rings is 1. The van der Waals surface area contributed by atoms with Gasteiger partial charge in [0.25, 0.3) is 0 Å². The Hall–Kier alpha value is -2.71. The van der Waals surface area contributed by atoms with Crippen LogP contribution in [0.15, 0.2) is 23.6 Å². The number of nitrogens with two attached hydrogens (primary N) is 1. The maximum absolute atomic E-state index is 12.5. The molecular weight excluding hydrogens is 462 g/mol. The van der Waals surface area contributed by atoms with Crippen LogP contribution in [0.4, 0.5) is 0 Å². The molecule has 2 heterocycles. The number of esters is 1. The average Bonchev–Trinajstić information content (AvgIpc) is 3.31. The number of pyridine rings is 1. The predicted octanol–water partition coefficient (Wildman–Crippen LogP) is 5.73. The van der Waals surface area contributed by atoms with Crippen LogP contribution in [-0.4, -0.2) is 42.8 Å². The molecule has 0 unspecified atom stereocenters. The summed E-state index contributed by atoms with van der Waals surface area (Å²) >= 11 is 1.56. The zero-order valence-electron chi connectivity index (χ0n) is 22.0. The van der Waals surface area contributed by atoms with Crippen molar-refractivity contribution in [2.75, 3.05) is 20.8 Å². The van der Waals surface area contributed by atoms with Crippen LogP contribution >= 0.6 is 11.3 Å². The molecule has 2 atom stereocenters. The Balaban J connectivity index is 2.09. The summed E-state index contributed by atoms with van der Waals surface area (Å²) in [4.78, 5) is 22.3. The molecule has 0 aliphatic rings. The van der Waals surface area contributed by atoms with Crippen LogP contribution < -0.4 is 15.2 Å². The first kappa shape index (κ1) is 26.9. The van der Waals surface area contributed by atoms with Gasteiger partial charge in [-0.05, 0) is 36.8 Å². The van der Waals surface area contributed by atoms with Crippen molar-refractivity contribution >= 4 is 28.2 Å². The number of thiazole rings is 1. The number of aryl methyl sites for hydroxylation is 1. The summed E-state index contributed by atoms with van der Waals surface area (Å²) in [7, 11) is 3.06. The Kier molecular flexibility index (Phi) is 8.38. The standard InChI is InChI=1S/C27H37N3O4S/c1-15(2)21-14-35-25(30-21)20-12-23(18-9-10-22(32-7)16(3)24(18)29-20)34-17(13-28)11-19(26(31)33-8)27(4,5)6/h9-10,12,14-15,17,19H,11,13,28H2,1-8H3/t17-,19+/m1/s1. The molecule has 0 saturated carbocycles. The summed E-state index contributed by atoms with van der Waals surface area (Å²) in [5.74, 6) is 1.12. The predicted molar refractivity (Wildman–Crippen MR) is 141 cm³/mol. The van der Waals surface area contributed by atoms with E-state index in [0.29, 0.717) is 18.1 Å². The Bertz CT molecular complexity index is 1180. The van der Waals surface area contributed by atoms with Crippen molar-refractivity contribution in [1.29, 1.82) is 0 Å². The molecule has 0 spiro atoms. The molecular formula is C27H37N3O4S. The van der Waals surface area contributed by atoms with Crippen molar-refractivity contribution in [3.8, 4) is 22.2 Å². The molecule has 190 valence electrons. The first-order valence-electron chi connectivity index (χ1n) is 11.9. The van der Waals surface area contributed by atoms with E-state index in [9.17, 15) is 4.79 Å². The minimum atomic E-state index is -0.387. The van der Waals surface area contributed by atoms with Gasteiger partial charge in [0, 0.05) is 28.9 Å². The number of methoxy groups -OCH3 is 2. The van der Waals surface area contributed by atoms with Gasteiger partial charge in [-0.15, -0.1) is 11.3 Å². The van der Waals surface area contributed by atoms with Gasteiger partial charge in [-0.25, -0.2) is 9.97 Å². The normalized spacial score (nSPS) is 13.7. The summed E-state index contributed by atoms with van der Waals surface area (Å²) in [6, 6.07) is 5.78. The lowest BCUT2D eigenvalue weighted by Crippen LogP contribution is -2.37. The van der Waals surface area contributed by atoms with Crippen LogP contribution in [0.2, 0.25) is 0 Å². The van der Waals surface area contributed by atoms with E-state index in [1.165, 1.54) is 7.11 Å². The number of carbonyl (C=O) groups is 1. The monoisotopic (exact) mass is 499 g/mol. The zero-order valence-corrected chi connectivity index (χ0v) is 22.8. The number of hydrogen-bond acceptors (Lipinski definition) is 8. The fourth-order valence-corrected chi connectivity index (χ4v) is 5.00. The average molecular weight is 500 g/mol. The lowest BCUT2D eigenvalue weighted by molar-refractivity contribution is -0.150. The van der Waals surface area contributed by atoms with Gasteiger partial charge >= 0.3 is 5.97 Å². The van der Waals surface area contributed by atoms with Crippen LogP contribution in [0.25, 0.3) is 21.6 Å². The number of carbonyl (C=O) groups excluding carboxylic acids is 1. The molecule has 2 N–H and O–H groups in total. The van der Waals surface area contributed by atoms with E-state index in [-0.39, 0.29) is 30.0 Å². The molecule has 1 aromatic carbocycles. The second-order valence-electron chi connectivity index (χ2n) is 10.2. The largest absolute Gasteiger partial charge is 0.496 e. The molecule has 3 rings (SSSR count). The minimum absolute atomic E-state index is 0.257. The first-order valence-corrected chi connectivity index (χ1v) is 12.8. The van der Waals surface area contributed by atoms with Crippen LogP contribution in [-0.2, 0) is 9.53 Å². The number of rotatable bonds is 9. The third-order valence-corrected chi connectivity index (χ3v) is 7.17. The van der Waals surface area contributed by atoms with Crippen LogP contribution in [0.5, 0.6) is 11.5 Å². The van der Waals surface area contributed by atoms with Crippen molar-refractivity contribution < 1.29 is 19.0 Å². The number of nitrogens with zero attached hydrogens (tertiary/aromatic N) is 2. The maximum Gasteiger partial charge on any atom is 0.309 e. The molecule has 3 aromatic rings. The van der Waals surface area contributed by atoms with Crippen LogP contribution in [0.1, 0.15) is 58.2 Å². The molecule has 8 heteroatoms. The lowest BCUT2D eigenvalue weighted by Gasteiger charge is -2.31. The Morgan fingerprint density at radius 1 is 1.14 bits per heavy atom. The topological polar surface area (TPSA) is 96.6 Å². The number of fused-ring (bicyclic) bond motifs is 1. The van der Waals surface area contributed by atoms with Crippen LogP contribution in [0, 0.1) is 18.3 Å². The van der Waals surface area contributed by atoms with Crippen molar-refractivity contribution in [1.82, 2.24) is 9.97 Å². The van der Waals surface area contributed by atoms with Gasteiger partial charge in [0.15, 0.2) is 0 Å². The highest BCUT2D eigenvalue weighted by Gasteiger charge is 2.35. The van der Waals surface area contributed by atoms with E-state index in [0.717, 1.165) is 38.6 Å². The Morgan fingerprint density at radius 3 is 2.40 bits per heavy atom. The van der Waals surface area contributed by atoms with Gasteiger partial charge in [-0.3, -0.25) is 4.79 Å². The lowest BCUT2D eigenvalue weighted by atomic mass is 9.77. The highest BCUT2D eigenvalue weighted by molar-refractivity contribution is 7.13. The third kappa shape index (κ3) is 5.93. The molecule has 0 amide bonds. The summed E-state index contributed by atoms with van der Waals surface area (Å²) in [6.45, 7) is 12.5. The molecule has 0 aliphatic carbocycles. The van der Waals surface area contributed by atoms with Crippen molar-refractivity contribution in [3.63, 3.8) is 0 Å². The molecule has 0 fully saturated rings.